The highest BCUT2D eigenvalue weighted by Crippen LogP contribution is 2.46. The summed E-state index contributed by atoms with van der Waals surface area (Å²) < 4.78 is 12.2. The van der Waals surface area contributed by atoms with E-state index in [-0.39, 0.29) is 0 Å². The second kappa shape index (κ2) is 17.3. The van der Waals surface area contributed by atoms with Crippen molar-refractivity contribution < 1.29 is 4.42 Å². The molecule has 6 nitrogen and oxygen atoms in total. The Bertz CT molecular complexity index is 4670. The predicted octanol–water partition coefficient (Wildman–Crippen LogP) is 18.0. The zero-order valence-corrected chi connectivity index (χ0v) is 40.5. The second-order valence-electron chi connectivity index (χ2n) is 19.1. The van der Waals surface area contributed by atoms with Gasteiger partial charge in [0.1, 0.15) is 0 Å². The maximum Gasteiger partial charge on any atom is 0.166 e. The fraction of sp³-hybridized carbons (Fsp3) is 0. The molecule has 0 saturated carbocycles. The van der Waals surface area contributed by atoms with Gasteiger partial charge in [0, 0.05) is 54.7 Å². The van der Waals surface area contributed by atoms with Crippen molar-refractivity contribution in [1.29, 1.82) is 0 Å². The molecule has 11 aromatic carbocycles. The van der Waals surface area contributed by atoms with Gasteiger partial charge in [-0.3, -0.25) is 0 Å². The summed E-state index contributed by atoms with van der Waals surface area (Å²) in [4.78, 5) is 16.1. The molecule has 0 saturated heterocycles. The highest BCUT2D eigenvalue weighted by Gasteiger charge is 2.25. The van der Waals surface area contributed by atoms with E-state index in [0.29, 0.717) is 17.5 Å². The first kappa shape index (κ1) is 42.5. The molecule has 0 N–H and O–H groups in total. The van der Waals surface area contributed by atoms with Crippen LogP contribution < -0.4 is 0 Å². The Kier molecular flexibility index (Phi) is 9.78. The lowest BCUT2D eigenvalue weighted by Crippen LogP contribution is -2.04. The first-order valence-corrected chi connectivity index (χ1v) is 25.3. The average molecular weight is 958 g/mol. The summed E-state index contributed by atoms with van der Waals surface area (Å²) in [6.07, 6.45) is 0. The van der Waals surface area contributed by atoms with E-state index in [1.807, 2.05) is 12.1 Å². The van der Waals surface area contributed by atoms with Crippen molar-refractivity contribution in [3.8, 4) is 78.9 Å². The van der Waals surface area contributed by atoms with Crippen LogP contribution in [0.15, 0.2) is 265 Å². The monoisotopic (exact) mass is 957 g/mol. The maximum atomic E-state index is 7.47. The quantitative estimate of drug-likeness (QED) is 0.152. The van der Waals surface area contributed by atoms with E-state index < -0.39 is 0 Å². The molecule has 0 aliphatic rings. The molecule has 6 heteroatoms. The van der Waals surface area contributed by atoms with Gasteiger partial charge < -0.3 is 13.6 Å². The van der Waals surface area contributed by atoms with Crippen LogP contribution in [0.2, 0.25) is 0 Å². The molecule has 0 unspecified atom stereocenters. The highest BCUT2D eigenvalue weighted by atomic mass is 16.3. The Labute approximate surface area is 431 Å². The summed E-state index contributed by atoms with van der Waals surface area (Å²) in [6.45, 7) is 0. The molecule has 4 aromatic heterocycles. The number of hydrogen-bond donors (Lipinski definition) is 0. The third-order valence-electron chi connectivity index (χ3n) is 14.8. The van der Waals surface area contributed by atoms with Crippen molar-refractivity contribution >= 4 is 65.6 Å². The normalized spacial score (nSPS) is 11.7. The van der Waals surface area contributed by atoms with Crippen molar-refractivity contribution in [1.82, 2.24) is 24.1 Å². The fourth-order valence-corrected chi connectivity index (χ4v) is 11.3. The van der Waals surface area contributed by atoms with E-state index in [2.05, 4.69) is 258 Å². The maximum absolute atomic E-state index is 7.47. The van der Waals surface area contributed by atoms with Crippen molar-refractivity contribution in [2.75, 3.05) is 0 Å². The SMILES string of the molecule is c1ccc(-c2ccc(-c3nc(-c4ccccc4-c4ccccc4)nc(-c4ccccc4-n4c5ccccc5c5ccc6c7ccc8c9ccccc9n(-c9ccc(-c%10ccccc%10)cc9)c8c7oc6c54)n3)cc2)cc1. The smallest absolute Gasteiger partial charge is 0.166 e. The Hall–Kier alpha value is -10.2. The number of nitrogens with zero attached hydrogens (tertiary/aromatic N) is 5. The Morgan fingerprint density at radius 3 is 1.25 bits per heavy atom. The van der Waals surface area contributed by atoms with Gasteiger partial charge in [-0.05, 0) is 81.9 Å². The van der Waals surface area contributed by atoms with Crippen LogP contribution in [0.1, 0.15) is 0 Å². The van der Waals surface area contributed by atoms with Crippen molar-refractivity contribution in [2.45, 2.75) is 0 Å². The van der Waals surface area contributed by atoms with E-state index >= 15 is 0 Å². The van der Waals surface area contributed by atoms with E-state index in [1.165, 1.54) is 16.5 Å². The summed E-state index contributed by atoms with van der Waals surface area (Å²) in [5.41, 5.74) is 17.2. The van der Waals surface area contributed by atoms with E-state index in [1.54, 1.807) is 0 Å². The van der Waals surface area contributed by atoms with Crippen LogP contribution in [0, 0.1) is 0 Å². The van der Waals surface area contributed by atoms with Crippen molar-refractivity contribution in [3.63, 3.8) is 0 Å². The molecular weight excluding hydrogens is 915 g/mol. The molecule has 15 rings (SSSR count). The van der Waals surface area contributed by atoms with Gasteiger partial charge in [-0.1, -0.05) is 212 Å². The van der Waals surface area contributed by atoms with Gasteiger partial charge in [-0.25, -0.2) is 15.0 Å². The Morgan fingerprint density at radius 1 is 0.253 bits per heavy atom. The van der Waals surface area contributed by atoms with Crippen LogP contribution in [0.3, 0.4) is 0 Å². The summed E-state index contributed by atoms with van der Waals surface area (Å²) in [5.74, 6) is 1.74. The van der Waals surface area contributed by atoms with Gasteiger partial charge in [-0.15, -0.1) is 0 Å². The third kappa shape index (κ3) is 6.92. The number of aromatic nitrogens is 5. The third-order valence-corrected chi connectivity index (χ3v) is 14.8. The van der Waals surface area contributed by atoms with Gasteiger partial charge in [0.25, 0.3) is 0 Å². The van der Waals surface area contributed by atoms with Gasteiger partial charge in [-0.2, -0.15) is 0 Å². The van der Waals surface area contributed by atoms with Crippen LogP contribution in [0.5, 0.6) is 0 Å². The molecule has 75 heavy (non-hydrogen) atoms. The minimum Gasteiger partial charge on any atom is -0.452 e. The minimum absolute atomic E-state index is 0.563. The first-order chi connectivity index (χ1) is 37.2. The molecule has 0 aliphatic carbocycles. The number of hydrogen-bond acceptors (Lipinski definition) is 4. The molecule has 0 aliphatic heterocycles. The van der Waals surface area contributed by atoms with E-state index in [9.17, 15) is 0 Å². The molecule has 15 aromatic rings. The molecular formula is C69H43N5O. The first-order valence-electron chi connectivity index (χ1n) is 25.3. The number of rotatable bonds is 8. The Morgan fingerprint density at radius 2 is 0.653 bits per heavy atom. The largest absolute Gasteiger partial charge is 0.452 e. The zero-order chi connectivity index (χ0) is 49.4. The summed E-state index contributed by atoms with van der Waals surface area (Å²) in [5, 5.41) is 6.61. The second-order valence-corrected chi connectivity index (χ2v) is 19.1. The van der Waals surface area contributed by atoms with Crippen LogP contribution >= 0.6 is 0 Å². The molecule has 350 valence electrons. The topological polar surface area (TPSA) is 61.7 Å². The molecule has 0 atom stereocenters. The molecule has 0 radical (unpaired) electrons. The number of para-hydroxylation sites is 3. The number of furan rings is 1. The lowest BCUT2D eigenvalue weighted by Gasteiger charge is -2.15. The standard InChI is InChI=1S/C69H43N5O/c1-4-18-44(19-5-1)46-32-34-49(35-33-46)67-70-68(58-27-11-10-24-51(58)48-22-8-3-9-23-48)72-69(71-67)59-28-14-17-31-62(59)74-61-30-16-13-26-53(61)55-41-43-57-56-42-40-54-52-25-12-15-29-60(52)73(63(54)65(56)75-66(57)64(55)74)50-38-36-47(37-39-50)45-20-6-2-7-21-45/h1-43H. The van der Waals surface area contributed by atoms with Gasteiger partial charge >= 0.3 is 0 Å². The fourth-order valence-electron chi connectivity index (χ4n) is 11.3. The van der Waals surface area contributed by atoms with E-state index in [4.69, 9.17) is 19.4 Å². The van der Waals surface area contributed by atoms with Crippen molar-refractivity contribution in [2.24, 2.45) is 0 Å². The zero-order valence-electron chi connectivity index (χ0n) is 40.5. The number of fused-ring (bicyclic) bond motifs is 11. The van der Waals surface area contributed by atoms with Crippen molar-refractivity contribution in [3.05, 3.63) is 261 Å². The average Bonchev–Trinajstić information content (AvgIpc) is 4.17. The van der Waals surface area contributed by atoms with Gasteiger partial charge in [0.2, 0.25) is 0 Å². The summed E-state index contributed by atoms with van der Waals surface area (Å²) in [7, 11) is 0. The van der Waals surface area contributed by atoms with E-state index in [0.717, 1.165) is 110 Å². The van der Waals surface area contributed by atoms with Gasteiger partial charge in [0.05, 0.1) is 27.8 Å². The van der Waals surface area contributed by atoms with Crippen LogP contribution in [0.25, 0.3) is 144 Å². The van der Waals surface area contributed by atoms with Crippen LogP contribution in [-0.4, -0.2) is 24.1 Å². The molecule has 0 amide bonds. The summed E-state index contributed by atoms with van der Waals surface area (Å²) in [6, 6.07) is 91.9. The lowest BCUT2D eigenvalue weighted by molar-refractivity contribution is 0.673. The predicted molar refractivity (Wildman–Crippen MR) is 308 cm³/mol. The number of benzene rings is 11. The lowest BCUT2D eigenvalue weighted by atomic mass is 9.99. The molecule has 0 fully saturated rings. The minimum atomic E-state index is 0.563. The van der Waals surface area contributed by atoms with Gasteiger partial charge in [0.15, 0.2) is 28.6 Å². The van der Waals surface area contributed by atoms with Crippen LogP contribution in [0.4, 0.5) is 0 Å². The highest BCUT2D eigenvalue weighted by molar-refractivity contribution is 6.26. The van der Waals surface area contributed by atoms with Crippen LogP contribution in [-0.2, 0) is 0 Å². The Balaban J connectivity index is 0.966. The summed E-state index contributed by atoms with van der Waals surface area (Å²) >= 11 is 0. The molecule has 0 bridgehead atoms. The molecule has 4 heterocycles. The molecule has 0 spiro atoms.